The van der Waals surface area contributed by atoms with Crippen molar-refractivity contribution in [1.82, 2.24) is 5.43 Å². The van der Waals surface area contributed by atoms with E-state index in [2.05, 4.69) is 15.8 Å². The summed E-state index contributed by atoms with van der Waals surface area (Å²) in [6.07, 6.45) is 0.370. The number of hydrogen-bond acceptors (Lipinski definition) is 3. The summed E-state index contributed by atoms with van der Waals surface area (Å²) in [5.41, 5.74) is 7.18. The minimum Gasteiger partial charge on any atom is -0.300 e. The van der Waals surface area contributed by atoms with Crippen molar-refractivity contribution in [1.29, 1.82) is 0 Å². The second kappa shape index (κ2) is 8.37. The zero-order chi connectivity index (χ0) is 18.4. The average Bonchev–Trinajstić information content (AvgIpc) is 2.53. The van der Waals surface area contributed by atoms with Gasteiger partial charge < -0.3 is 0 Å². The van der Waals surface area contributed by atoms with Gasteiger partial charge in [0.05, 0.1) is 11.4 Å². The van der Waals surface area contributed by atoms with Crippen molar-refractivity contribution in [2.75, 3.05) is 5.43 Å². The first-order chi connectivity index (χ1) is 11.7. The minimum absolute atomic E-state index is 0.0797. The van der Waals surface area contributed by atoms with E-state index in [4.69, 9.17) is 23.2 Å². The van der Waals surface area contributed by atoms with E-state index in [-0.39, 0.29) is 17.0 Å². The lowest BCUT2D eigenvalue weighted by atomic mass is 9.90. The predicted molar refractivity (Wildman–Crippen MR) is 106 cm³/mol. The van der Waals surface area contributed by atoms with Crippen LogP contribution in [0.15, 0.2) is 53.5 Å². The van der Waals surface area contributed by atoms with Crippen molar-refractivity contribution in [3.8, 4) is 0 Å². The second-order valence-corrected chi connectivity index (χ2v) is 7.73. The highest BCUT2D eigenvalue weighted by molar-refractivity contribution is 6.39. The van der Waals surface area contributed by atoms with E-state index in [0.29, 0.717) is 22.2 Å². The van der Waals surface area contributed by atoms with Crippen molar-refractivity contribution >= 4 is 46.2 Å². The van der Waals surface area contributed by atoms with E-state index >= 15 is 0 Å². The molecule has 0 aliphatic rings. The molecule has 0 saturated carbocycles. The molecule has 132 valence electrons. The number of hydrazine groups is 1. The zero-order valence-corrected chi connectivity index (χ0v) is 15.9. The summed E-state index contributed by atoms with van der Waals surface area (Å²) in [5, 5.41) is 1.26. The zero-order valence-electron chi connectivity index (χ0n) is 14.4. The molecule has 0 amide bonds. The van der Waals surface area contributed by atoms with E-state index in [9.17, 15) is 4.79 Å². The summed E-state index contributed by atoms with van der Waals surface area (Å²) in [7, 11) is 0. The van der Waals surface area contributed by atoms with Crippen LogP contribution in [0.25, 0.3) is 0 Å². The largest absolute Gasteiger partial charge is 0.300 e. The topological polar surface area (TPSA) is 53.5 Å². The molecular weight excluding hydrogens is 357 g/mol. The number of halogens is 2. The minimum atomic E-state index is -0.139. The van der Waals surface area contributed by atoms with Crippen molar-refractivity contribution in [3.63, 3.8) is 0 Å². The van der Waals surface area contributed by atoms with Crippen LogP contribution in [0.5, 0.6) is 0 Å². The number of carbonyl (C=O) groups excluding carboxylic acids is 1. The van der Waals surface area contributed by atoms with Gasteiger partial charge in [-0.15, -0.1) is 0 Å². The van der Waals surface area contributed by atoms with E-state index < -0.39 is 0 Å². The molecule has 0 spiro atoms. The smallest absolute Gasteiger partial charge is 0.199 e. The summed E-state index contributed by atoms with van der Waals surface area (Å²) in [6, 6.07) is 14.1. The van der Waals surface area contributed by atoms with Crippen LogP contribution in [-0.4, -0.2) is 11.6 Å². The molecule has 0 saturated heterocycles. The van der Waals surface area contributed by atoms with Gasteiger partial charge in [0.25, 0.3) is 0 Å². The van der Waals surface area contributed by atoms with Gasteiger partial charge in [-0.3, -0.25) is 15.6 Å². The van der Waals surface area contributed by atoms with E-state index in [0.717, 1.165) is 5.69 Å². The Balaban J connectivity index is 2.20. The highest BCUT2D eigenvalue weighted by atomic mass is 35.5. The molecule has 25 heavy (non-hydrogen) atoms. The van der Waals surface area contributed by atoms with E-state index in [1.165, 1.54) is 0 Å². The summed E-state index contributed by atoms with van der Waals surface area (Å²) in [6.45, 7) is 6.03. The van der Waals surface area contributed by atoms with Crippen molar-refractivity contribution in [2.45, 2.75) is 27.2 Å². The standard InChI is InChI=1S/C19H21Cl2N3O/c1-19(2,3)12-17(25)18(22-15-8-4-13(20)5-9-15)24-23-16-10-6-14(21)7-11-16/h4-11,23H,12H2,1-3H3,(H,22,24). The molecule has 4 nitrogen and oxygen atoms in total. The molecule has 2 aromatic rings. The average molecular weight is 378 g/mol. The Hall–Kier alpha value is -2.04. The number of nitrogens with one attached hydrogen (secondary N) is 2. The molecule has 2 aromatic carbocycles. The highest BCUT2D eigenvalue weighted by Gasteiger charge is 2.20. The third kappa shape index (κ3) is 6.77. The van der Waals surface area contributed by atoms with Gasteiger partial charge in [0.15, 0.2) is 11.6 Å². The van der Waals surface area contributed by atoms with Crippen molar-refractivity contribution in [3.05, 3.63) is 58.6 Å². The Labute approximate surface area is 158 Å². The highest BCUT2D eigenvalue weighted by Crippen LogP contribution is 2.21. The Kier molecular flexibility index (Phi) is 6.45. The number of aliphatic imine (C=N–C) groups is 1. The monoisotopic (exact) mass is 377 g/mol. The van der Waals surface area contributed by atoms with E-state index in [1.54, 1.807) is 36.4 Å². The molecule has 0 aliphatic heterocycles. The maximum atomic E-state index is 12.6. The fourth-order valence-corrected chi connectivity index (χ4v) is 2.29. The third-order valence-corrected chi connectivity index (χ3v) is 3.70. The number of carbonyl (C=O) groups is 1. The molecule has 0 fully saturated rings. The first-order valence-electron chi connectivity index (χ1n) is 7.88. The molecule has 0 aliphatic carbocycles. The Morgan fingerprint density at radius 2 is 1.48 bits per heavy atom. The van der Waals surface area contributed by atoms with Gasteiger partial charge in [0, 0.05) is 16.5 Å². The molecule has 0 atom stereocenters. The molecule has 0 unspecified atom stereocenters. The summed E-state index contributed by atoms with van der Waals surface area (Å²) < 4.78 is 0. The van der Waals surface area contributed by atoms with Gasteiger partial charge in [0.2, 0.25) is 0 Å². The number of ketones is 1. The Bertz CT molecular complexity index is 748. The van der Waals surface area contributed by atoms with Gasteiger partial charge in [-0.1, -0.05) is 44.0 Å². The fourth-order valence-electron chi connectivity index (χ4n) is 2.03. The van der Waals surface area contributed by atoms with Crippen molar-refractivity contribution in [2.24, 2.45) is 10.4 Å². The maximum Gasteiger partial charge on any atom is 0.199 e. The summed E-state index contributed by atoms with van der Waals surface area (Å²) >= 11 is 11.8. The van der Waals surface area contributed by atoms with Crippen LogP contribution in [0, 0.1) is 5.41 Å². The van der Waals surface area contributed by atoms with Crippen LogP contribution in [-0.2, 0) is 4.79 Å². The maximum absolute atomic E-state index is 12.6. The van der Waals surface area contributed by atoms with Gasteiger partial charge in [-0.25, -0.2) is 4.99 Å². The predicted octanol–water partition coefficient (Wildman–Crippen LogP) is 5.65. The quantitative estimate of drug-likeness (QED) is 0.402. The lowest BCUT2D eigenvalue weighted by Crippen LogP contribution is -2.37. The molecule has 2 rings (SSSR count). The number of anilines is 1. The van der Waals surface area contributed by atoms with Crippen molar-refractivity contribution < 1.29 is 4.79 Å². The van der Waals surface area contributed by atoms with Crippen LogP contribution in [0.4, 0.5) is 11.4 Å². The van der Waals surface area contributed by atoms with Gasteiger partial charge >= 0.3 is 0 Å². The van der Waals surface area contributed by atoms with Crippen LogP contribution < -0.4 is 10.9 Å². The van der Waals surface area contributed by atoms with Crippen LogP contribution in [0.2, 0.25) is 10.0 Å². The van der Waals surface area contributed by atoms with Crippen LogP contribution in [0.3, 0.4) is 0 Å². The third-order valence-electron chi connectivity index (χ3n) is 3.19. The Morgan fingerprint density at radius 1 is 0.960 bits per heavy atom. The number of hydrogen-bond donors (Lipinski definition) is 2. The van der Waals surface area contributed by atoms with Gasteiger partial charge in [-0.2, -0.15) is 0 Å². The second-order valence-electron chi connectivity index (χ2n) is 6.85. The number of amidine groups is 1. The fraction of sp³-hybridized carbons (Fsp3) is 0.263. The Morgan fingerprint density at radius 3 is 2.00 bits per heavy atom. The SMILES string of the molecule is CC(C)(C)CC(=O)C(=Nc1ccc(Cl)cc1)NNc1ccc(Cl)cc1. The van der Waals surface area contributed by atoms with Gasteiger partial charge in [-0.05, 0) is 53.9 Å². The number of rotatable bonds is 5. The lowest BCUT2D eigenvalue weighted by Gasteiger charge is -2.18. The summed E-state index contributed by atoms with van der Waals surface area (Å²) in [4.78, 5) is 17.1. The number of benzene rings is 2. The molecule has 0 heterocycles. The van der Waals surface area contributed by atoms with Crippen LogP contribution in [0.1, 0.15) is 27.2 Å². The lowest BCUT2D eigenvalue weighted by molar-refractivity contribution is -0.114. The first kappa shape index (κ1) is 19.3. The first-order valence-corrected chi connectivity index (χ1v) is 8.64. The van der Waals surface area contributed by atoms with Crippen LogP contribution >= 0.6 is 23.2 Å². The number of nitrogens with zero attached hydrogens (tertiary/aromatic N) is 1. The van der Waals surface area contributed by atoms with E-state index in [1.807, 2.05) is 32.9 Å². The molecule has 0 radical (unpaired) electrons. The molecule has 0 bridgehead atoms. The summed E-state index contributed by atoms with van der Waals surface area (Å²) in [5.74, 6) is 0.163. The molecule has 0 aromatic heterocycles. The molecular formula is C19H21Cl2N3O. The normalized spacial score (nSPS) is 12.0. The van der Waals surface area contributed by atoms with Gasteiger partial charge in [0.1, 0.15) is 0 Å². The molecule has 2 N–H and O–H groups in total. The molecule has 6 heteroatoms. The number of Topliss-reactive ketones (excluding diaryl/α,β-unsaturated/α-hetero) is 1.